The number of aromatic nitrogens is 5. The van der Waals surface area contributed by atoms with E-state index in [0.717, 1.165) is 35.3 Å². The normalized spacial score (nSPS) is 15.5. The number of H-pyrrole nitrogens is 1. The molecule has 0 spiro atoms. The van der Waals surface area contributed by atoms with Crippen LogP contribution in [0.1, 0.15) is 29.2 Å². The average molecular weight is 523 g/mol. The highest BCUT2D eigenvalue weighted by atomic mass is 35.5. The van der Waals surface area contributed by atoms with Gasteiger partial charge >= 0.3 is 0 Å². The number of amides is 1. The summed E-state index contributed by atoms with van der Waals surface area (Å²) in [5.74, 6) is -0.0928. The molecule has 1 aromatic carbocycles. The molecule has 1 aliphatic rings. The van der Waals surface area contributed by atoms with Crippen molar-refractivity contribution in [3.8, 4) is 17.3 Å². The van der Waals surface area contributed by atoms with Gasteiger partial charge in [-0.1, -0.05) is 23.2 Å². The van der Waals surface area contributed by atoms with Gasteiger partial charge in [0.1, 0.15) is 12.0 Å². The van der Waals surface area contributed by atoms with Gasteiger partial charge in [0, 0.05) is 54.5 Å². The Morgan fingerprint density at radius 2 is 2.06 bits per heavy atom. The van der Waals surface area contributed by atoms with Gasteiger partial charge in [-0.2, -0.15) is 10.4 Å². The number of hydrogen-bond donors (Lipinski definition) is 1. The third-order valence-corrected chi connectivity index (χ3v) is 6.98. The summed E-state index contributed by atoms with van der Waals surface area (Å²) in [5, 5.41) is 15.9. The number of carbonyl (C=O) groups is 1. The molecule has 1 N–H and O–H groups in total. The van der Waals surface area contributed by atoms with Crippen LogP contribution < -0.4 is 0 Å². The number of nitriles is 1. The summed E-state index contributed by atoms with van der Waals surface area (Å²) in [6.45, 7) is 3.39. The zero-order valence-electron chi connectivity index (χ0n) is 19.4. The fourth-order valence-electron chi connectivity index (χ4n) is 4.60. The smallest absolute Gasteiger partial charge is 0.255 e. The summed E-state index contributed by atoms with van der Waals surface area (Å²) in [5.41, 5.74) is 2.90. The van der Waals surface area contributed by atoms with Crippen molar-refractivity contribution < 1.29 is 4.79 Å². The Morgan fingerprint density at radius 3 is 2.89 bits per heavy atom. The quantitative estimate of drug-likeness (QED) is 0.401. The maximum Gasteiger partial charge on any atom is 0.255 e. The highest BCUT2D eigenvalue weighted by molar-refractivity contribution is 6.36. The first-order chi connectivity index (χ1) is 17.5. The minimum Gasteiger partial charge on any atom is -0.346 e. The molecule has 0 saturated carbocycles. The first kappa shape index (κ1) is 24.3. The van der Waals surface area contributed by atoms with E-state index in [1.807, 2.05) is 28.0 Å². The summed E-state index contributed by atoms with van der Waals surface area (Å²) < 4.78 is 1.85. The van der Waals surface area contributed by atoms with E-state index in [2.05, 4.69) is 31.0 Å². The Labute approximate surface area is 218 Å². The summed E-state index contributed by atoms with van der Waals surface area (Å²) in [6.07, 6.45) is 8.22. The topological polar surface area (TPSA) is 107 Å². The molecule has 3 aromatic heterocycles. The lowest BCUT2D eigenvalue weighted by Crippen LogP contribution is -2.37. The summed E-state index contributed by atoms with van der Waals surface area (Å²) in [4.78, 5) is 29.0. The second-order valence-electron chi connectivity index (χ2n) is 8.76. The standard InChI is InChI=1S/C25H24Cl2N8O/c26-18-2-3-20(22(27)12-18)25(36)34-9-1-8-33(10-11-34)15-19(4-6-28)35-14-17(13-32-35)23-21-5-7-29-24(21)31-16-30-23/h2-3,5,7,12-14,16,19H,1,4,8-11,15H2,(H,29,30,31). The molecule has 1 atom stereocenters. The zero-order chi connectivity index (χ0) is 25.1. The van der Waals surface area contributed by atoms with E-state index < -0.39 is 0 Å². The van der Waals surface area contributed by atoms with Crippen molar-refractivity contribution in [1.29, 1.82) is 5.26 Å². The highest BCUT2D eigenvalue weighted by Crippen LogP contribution is 2.26. The molecule has 1 aliphatic heterocycles. The van der Waals surface area contributed by atoms with Crippen LogP contribution in [-0.2, 0) is 0 Å². The van der Waals surface area contributed by atoms with Gasteiger partial charge < -0.3 is 9.88 Å². The van der Waals surface area contributed by atoms with Gasteiger partial charge in [-0.15, -0.1) is 0 Å². The second kappa shape index (κ2) is 10.7. The van der Waals surface area contributed by atoms with E-state index in [0.29, 0.717) is 48.2 Å². The van der Waals surface area contributed by atoms with Crippen molar-refractivity contribution in [1.82, 2.24) is 34.5 Å². The van der Waals surface area contributed by atoms with Crippen LogP contribution >= 0.6 is 23.2 Å². The van der Waals surface area contributed by atoms with Crippen LogP contribution in [-0.4, -0.2) is 73.2 Å². The molecule has 0 aliphatic carbocycles. The third kappa shape index (κ3) is 5.07. The third-order valence-electron chi connectivity index (χ3n) is 6.44. The zero-order valence-corrected chi connectivity index (χ0v) is 21.0. The van der Waals surface area contributed by atoms with Gasteiger partial charge in [0.05, 0.1) is 41.0 Å². The van der Waals surface area contributed by atoms with Crippen LogP contribution in [0.3, 0.4) is 0 Å². The number of benzene rings is 1. The fourth-order valence-corrected chi connectivity index (χ4v) is 5.09. The van der Waals surface area contributed by atoms with E-state index in [1.54, 1.807) is 24.4 Å². The molecule has 36 heavy (non-hydrogen) atoms. The van der Waals surface area contributed by atoms with Crippen molar-refractivity contribution in [3.63, 3.8) is 0 Å². The number of fused-ring (bicyclic) bond motifs is 1. The number of rotatable bonds is 6. The molecule has 5 rings (SSSR count). The SMILES string of the molecule is N#CCC(CN1CCCN(C(=O)c2ccc(Cl)cc2Cl)CC1)n1cc(-c2ncnc3[nH]ccc23)cn1. The first-order valence-electron chi connectivity index (χ1n) is 11.7. The predicted molar refractivity (Wildman–Crippen MR) is 138 cm³/mol. The molecule has 1 amide bonds. The minimum atomic E-state index is -0.125. The average Bonchev–Trinajstić information content (AvgIpc) is 3.49. The van der Waals surface area contributed by atoms with Crippen LogP contribution in [0.5, 0.6) is 0 Å². The lowest BCUT2D eigenvalue weighted by atomic mass is 10.1. The molecule has 11 heteroatoms. The van der Waals surface area contributed by atoms with Crippen LogP contribution in [0.25, 0.3) is 22.3 Å². The number of nitrogens with one attached hydrogen (secondary N) is 1. The Balaban J connectivity index is 1.28. The van der Waals surface area contributed by atoms with E-state index in [-0.39, 0.29) is 11.9 Å². The van der Waals surface area contributed by atoms with Crippen molar-refractivity contribution in [2.75, 3.05) is 32.7 Å². The first-order valence-corrected chi connectivity index (χ1v) is 12.5. The Bertz CT molecular complexity index is 1420. The van der Waals surface area contributed by atoms with Crippen molar-refractivity contribution in [2.45, 2.75) is 18.9 Å². The fraction of sp³-hybridized carbons (Fsp3) is 0.320. The predicted octanol–water partition coefficient (Wildman–Crippen LogP) is 4.43. The van der Waals surface area contributed by atoms with E-state index >= 15 is 0 Å². The highest BCUT2D eigenvalue weighted by Gasteiger charge is 2.24. The van der Waals surface area contributed by atoms with Gasteiger partial charge in [-0.25, -0.2) is 9.97 Å². The minimum absolute atomic E-state index is 0.0928. The van der Waals surface area contributed by atoms with E-state index in [4.69, 9.17) is 23.2 Å². The van der Waals surface area contributed by atoms with Crippen LogP contribution in [0, 0.1) is 11.3 Å². The molecule has 184 valence electrons. The summed E-state index contributed by atoms with van der Waals surface area (Å²) in [7, 11) is 0. The van der Waals surface area contributed by atoms with Gasteiger partial charge in [0.15, 0.2) is 0 Å². The van der Waals surface area contributed by atoms with Gasteiger partial charge in [0.25, 0.3) is 5.91 Å². The van der Waals surface area contributed by atoms with Gasteiger partial charge in [-0.3, -0.25) is 14.4 Å². The lowest BCUT2D eigenvalue weighted by molar-refractivity contribution is 0.0760. The Morgan fingerprint density at radius 1 is 1.17 bits per heavy atom. The molecular weight excluding hydrogens is 499 g/mol. The molecule has 1 unspecified atom stereocenters. The summed E-state index contributed by atoms with van der Waals surface area (Å²) in [6, 6.07) is 9.06. The van der Waals surface area contributed by atoms with Crippen LogP contribution in [0.15, 0.2) is 49.2 Å². The van der Waals surface area contributed by atoms with Crippen molar-refractivity contribution in [2.24, 2.45) is 0 Å². The molecular formula is C25H24Cl2N8O. The molecule has 4 aromatic rings. The molecule has 0 radical (unpaired) electrons. The maximum absolute atomic E-state index is 13.1. The number of carbonyl (C=O) groups excluding carboxylic acids is 1. The van der Waals surface area contributed by atoms with Gasteiger partial charge in [-0.05, 0) is 37.2 Å². The molecule has 0 bridgehead atoms. The maximum atomic E-state index is 13.1. The van der Waals surface area contributed by atoms with Crippen molar-refractivity contribution in [3.05, 3.63) is 64.8 Å². The summed E-state index contributed by atoms with van der Waals surface area (Å²) >= 11 is 12.2. The largest absolute Gasteiger partial charge is 0.346 e. The lowest BCUT2D eigenvalue weighted by Gasteiger charge is -2.25. The molecule has 1 fully saturated rings. The Hall–Kier alpha value is -3.45. The van der Waals surface area contributed by atoms with Gasteiger partial charge in [0.2, 0.25) is 0 Å². The molecule has 4 heterocycles. The number of hydrogen-bond acceptors (Lipinski definition) is 6. The number of halogens is 2. The van der Waals surface area contributed by atoms with E-state index in [9.17, 15) is 10.1 Å². The number of nitrogens with zero attached hydrogens (tertiary/aromatic N) is 7. The monoisotopic (exact) mass is 522 g/mol. The van der Waals surface area contributed by atoms with Crippen LogP contribution in [0.4, 0.5) is 0 Å². The molecule has 9 nitrogen and oxygen atoms in total. The Kier molecular flexibility index (Phi) is 7.18. The van der Waals surface area contributed by atoms with Crippen LogP contribution in [0.2, 0.25) is 10.0 Å². The number of aromatic amines is 1. The van der Waals surface area contributed by atoms with E-state index in [1.165, 1.54) is 6.33 Å². The van der Waals surface area contributed by atoms with Crippen molar-refractivity contribution >= 4 is 40.1 Å². The molecule has 1 saturated heterocycles. The second-order valence-corrected chi connectivity index (χ2v) is 9.60.